The number of likely N-dealkylation sites (tertiary alicyclic amines) is 1. The molecule has 3 heteroatoms. The second-order valence-corrected chi connectivity index (χ2v) is 4.73. The van der Waals surface area contributed by atoms with E-state index in [1.807, 2.05) is 12.1 Å². The van der Waals surface area contributed by atoms with Crippen LogP contribution in [0.5, 0.6) is 5.75 Å². The average molecular weight is 256 g/mol. The van der Waals surface area contributed by atoms with Crippen LogP contribution in [0, 0.1) is 0 Å². The molecule has 0 radical (unpaired) electrons. The molecule has 1 aromatic rings. The second kappa shape index (κ2) is 6.87. The van der Waals surface area contributed by atoms with Gasteiger partial charge in [-0.3, -0.25) is 0 Å². The minimum Gasteiger partial charge on any atom is -0.508 e. The summed E-state index contributed by atoms with van der Waals surface area (Å²) in [5.41, 5.74) is 1.29. The number of halogens is 1. The second-order valence-electron chi connectivity index (χ2n) is 4.73. The Kier molecular flexibility index (Phi) is 5.79. The first-order valence-corrected chi connectivity index (χ1v) is 6.31. The van der Waals surface area contributed by atoms with Crippen molar-refractivity contribution in [2.45, 2.75) is 32.1 Å². The lowest BCUT2D eigenvalue weighted by molar-refractivity contribution is 0.208. The van der Waals surface area contributed by atoms with E-state index in [0.29, 0.717) is 11.7 Å². The van der Waals surface area contributed by atoms with Gasteiger partial charge in [-0.05, 0) is 56.0 Å². The monoisotopic (exact) mass is 255 g/mol. The molecule has 2 nitrogen and oxygen atoms in total. The quantitative estimate of drug-likeness (QED) is 0.895. The highest BCUT2D eigenvalue weighted by Crippen LogP contribution is 2.28. The lowest BCUT2D eigenvalue weighted by Crippen LogP contribution is -2.34. The molecule has 17 heavy (non-hydrogen) atoms. The molecule has 96 valence electrons. The summed E-state index contributed by atoms with van der Waals surface area (Å²) in [6, 6.07) is 7.75. The van der Waals surface area contributed by atoms with Gasteiger partial charge in [-0.2, -0.15) is 0 Å². The third-order valence-electron chi connectivity index (χ3n) is 3.39. The summed E-state index contributed by atoms with van der Waals surface area (Å²) in [7, 11) is 0. The van der Waals surface area contributed by atoms with Crippen LogP contribution in [-0.2, 0) is 0 Å². The molecule has 1 saturated heterocycles. The minimum atomic E-state index is 0. The van der Waals surface area contributed by atoms with Gasteiger partial charge >= 0.3 is 0 Å². The van der Waals surface area contributed by atoms with Crippen LogP contribution >= 0.6 is 12.4 Å². The Labute approximate surface area is 110 Å². The van der Waals surface area contributed by atoms with E-state index >= 15 is 0 Å². The first kappa shape index (κ1) is 14.3. The first-order chi connectivity index (χ1) is 7.79. The van der Waals surface area contributed by atoms with Crippen LogP contribution in [0.1, 0.15) is 37.7 Å². The molecule has 1 aromatic carbocycles. The van der Waals surface area contributed by atoms with Crippen molar-refractivity contribution in [2.24, 2.45) is 0 Å². The first-order valence-electron chi connectivity index (χ1n) is 6.31. The van der Waals surface area contributed by atoms with Crippen LogP contribution in [0.4, 0.5) is 0 Å². The SMILES string of the molecule is CCCN1CCCC(c2cccc(O)c2)C1.Cl. The normalized spacial score (nSPS) is 20.9. The smallest absolute Gasteiger partial charge is 0.115 e. The zero-order chi connectivity index (χ0) is 11.4. The zero-order valence-electron chi connectivity index (χ0n) is 10.4. The van der Waals surface area contributed by atoms with Crippen molar-refractivity contribution >= 4 is 12.4 Å². The van der Waals surface area contributed by atoms with Gasteiger partial charge in [0.25, 0.3) is 0 Å². The Hall–Kier alpha value is -0.730. The molecular formula is C14H22ClNO. The maximum absolute atomic E-state index is 9.50. The van der Waals surface area contributed by atoms with Crippen LogP contribution in [0.3, 0.4) is 0 Å². The molecule has 0 amide bonds. The van der Waals surface area contributed by atoms with Crippen LogP contribution < -0.4 is 0 Å². The fourth-order valence-electron chi connectivity index (χ4n) is 2.63. The predicted octanol–water partition coefficient (Wildman–Crippen LogP) is 3.40. The van der Waals surface area contributed by atoms with Crippen LogP contribution in [0.15, 0.2) is 24.3 Å². The van der Waals surface area contributed by atoms with E-state index in [4.69, 9.17) is 0 Å². The van der Waals surface area contributed by atoms with Gasteiger partial charge in [-0.1, -0.05) is 19.1 Å². The van der Waals surface area contributed by atoms with Crippen molar-refractivity contribution in [3.05, 3.63) is 29.8 Å². The van der Waals surface area contributed by atoms with Gasteiger partial charge in [0, 0.05) is 6.54 Å². The molecule has 1 unspecified atom stereocenters. The number of benzene rings is 1. The highest BCUT2D eigenvalue weighted by molar-refractivity contribution is 5.85. The maximum atomic E-state index is 9.50. The summed E-state index contributed by atoms with van der Waals surface area (Å²) >= 11 is 0. The summed E-state index contributed by atoms with van der Waals surface area (Å²) < 4.78 is 0. The van der Waals surface area contributed by atoms with Crippen molar-refractivity contribution in [1.82, 2.24) is 4.90 Å². The van der Waals surface area contributed by atoms with Crippen LogP contribution in [-0.4, -0.2) is 29.6 Å². The summed E-state index contributed by atoms with van der Waals surface area (Å²) in [4.78, 5) is 2.54. The Morgan fingerprint density at radius 1 is 1.41 bits per heavy atom. The molecule has 1 N–H and O–H groups in total. The number of piperidine rings is 1. The highest BCUT2D eigenvalue weighted by Gasteiger charge is 2.20. The molecule has 0 aliphatic carbocycles. The topological polar surface area (TPSA) is 23.5 Å². The van der Waals surface area contributed by atoms with E-state index in [0.717, 1.165) is 6.54 Å². The van der Waals surface area contributed by atoms with E-state index in [1.54, 1.807) is 6.07 Å². The number of hydrogen-bond acceptors (Lipinski definition) is 2. The molecule has 1 atom stereocenters. The van der Waals surface area contributed by atoms with Crippen molar-refractivity contribution in [3.8, 4) is 5.75 Å². The summed E-state index contributed by atoms with van der Waals surface area (Å²) in [6.45, 7) is 5.83. The van der Waals surface area contributed by atoms with Gasteiger partial charge in [-0.25, -0.2) is 0 Å². The van der Waals surface area contributed by atoms with Gasteiger partial charge in [0.1, 0.15) is 5.75 Å². The van der Waals surface area contributed by atoms with E-state index in [9.17, 15) is 5.11 Å². The number of rotatable bonds is 3. The lowest BCUT2D eigenvalue weighted by Gasteiger charge is -2.32. The molecule has 1 fully saturated rings. The van der Waals surface area contributed by atoms with Crippen molar-refractivity contribution in [3.63, 3.8) is 0 Å². The number of phenols is 1. The van der Waals surface area contributed by atoms with E-state index in [2.05, 4.69) is 17.9 Å². The standard InChI is InChI=1S/C14H21NO.ClH/c1-2-8-15-9-4-6-13(11-15)12-5-3-7-14(16)10-12;/h3,5,7,10,13,16H,2,4,6,8-9,11H2,1H3;1H. The van der Waals surface area contributed by atoms with Crippen molar-refractivity contribution < 1.29 is 5.11 Å². The van der Waals surface area contributed by atoms with E-state index in [-0.39, 0.29) is 12.4 Å². The molecule has 0 bridgehead atoms. The van der Waals surface area contributed by atoms with Gasteiger partial charge in [0.05, 0.1) is 0 Å². The van der Waals surface area contributed by atoms with Gasteiger partial charge in [-0.15, -0.1) is 12.4 Å². The molecule has 1 heterocycles. The Bertz CT molecular complexity index is 341. The summed E-state index contributed by atoms with van der Waals surface area (Å²) in [6.07, 6.45) is 3.76. The van der Waals surface area contributed by atoms with Gasteiger partial charge < -0.3 is 10.0 Å². The van der Waals surface area contributed by atoms with Gasteiger partial charge in [0.2, 0.25) is 0 Å². The Morgan fingerprint density at radius 3 is 2.94 bits per heavy atom. The third kappa shape index (κ3) is 3.90. The fraction of sp³-hybridized carbons (Fsp3) is 0.571. The van der Waals surface area contributed by atoms with E-state index in [1.165, 1.54) is 37.9 Å². The molecule has 0 aromatic heterocycles. The van der Waals surface area contributed by atoms with Crippen molar-refractivity contribution in [1.29, 1.82) is 0 Å². The number of hydrogen-bond donors (Lipinski definition) is 1. The number of nitrogens with zero attached hydrogens (tertiary/aromatic N) is 1. The van der Waals surface area contributed by atoms with Gasteiger partial charge in [0.15, 0.2) is 0 Å². The molecule has 0 saturated carbocycles. The molecule has 0 spiro atoms. The zero-order valence-corrected chi connectivity index (χ0v) is 11.2. The average Bonchev–Trinajstić information content (AvgIpc) is 2.30. The molecule has 2 rings (SSSR count). The highest BCUT2D eigenvalue weighted by atomic mass is 35.5. The largest absolute Gasteiger partial charge is 0.508 e. The fourth-order valence-corrected chi connectivity index (χ4v) is 2.63. The number of phenolic OH excluding ortho intramolecular Hbond substituents is 1. The summed E-state index contributed by atoms with van der Waals surface area (Å²) in [5, 5.41) is 9.50. The summed E-state index contributed by atoms with van der Waals surface area (Å²) in [5.74, 6) is 0.998. The lowest BCUT2D eigenvalue weighted by atomic mass is 9.90. The Balaban J connectivity index is 0.00000144. The van der Waals surface area contributed by atoms with E-state index < -0.39 is 0 Å². The predicted molar refractivity (Wildman–Crippen MR) is 74.1 cm³/mol. The molecular weight excluding hydrogens is 234 g/mol. The number of aromatic hydroxyl groups is 1. The van der Waals surface area contributed by atoms with Crippen molar-refractivity contribution in [2.75, 3.05) is 19.6 Å². The molecule has 1 aliphatic heterocycles. The maximum Gasteiger partial charge on any atom is 0.115 e. The van der Waals surface area contributed by atoms with Crippen LogP contribution in [0.25, 0.3) is 0 Å². The Morgan fingerprint density at radius 2 is 2.24 bits per heavy atom. The minimum absolute atomic E-state index is 0. The molecule has 1 aliphatic rings. The third-order valence-corrected chi connectivity index (χ3v) is 3.39. The van der Waals surface area contributed by atoms with Crippen LogP contribution in [0.2, 0.25) is 0 Å².